The highest BCUT2D eigenvalue weighted by Crippen LogP contribution is 2.11. The van der Waals surface area contributed by atoms with Gasteiger partial charge in [0.05, 0.1) is 0 Å². The van der Waals surface area contributed by atoms with Crippen LogP contribution in [0.2, 0.25) is 0 Å². The van der Waals surface area contributed by atoms with Gasteiger partial charge in [-0.05, 0) is 25.5 Å². The number of hydrogen-bond donors (Lipinski definition) is 2. The maximum atomic E-state index is 12.2. The Morgan fingerprint density at radius 2 is 1.89 bits per heavy atom. The van der Waals surface area contributed by atoms with Crippen molar-refractivity contribution >= 4 is 11.7 Å². The van der Waals surface area contributed by atoms with E-state index in [0.717, 1.165) is 12.8 Å². The molecule has 1 unspecified atom stereocenters. The Hall–Kier alpha value is -2.04. The van der Waals surface area contributed by atoms with Crippen LogP contribution in [0.5, 0.6) is 0 Å². The van der Waals surface area contributed by atoms with Gasteiger partial charge >= 0.3 is 0 Å². The van der Waals surface area contributed by atoms with Crippen molar-refractivity contribution in [3.8, 4) is 0 Å². The van der Waals surface area contributed by atoms with E-state index in [1.807, 2.05) is 6.92 Å². The minimum absolute atomic E-state index is 0.0213. The van der Waals surface area contributed by atoms with Crippen LogP contribution < -0.4 is 5.73 Å². The molecule has 0 saturated heterocycles. The molecule has 0 aliphatic rings. The fraction of sp³-hybridized carbons (Fsp3) is 0.429. The Kier molecular flexibility index (Phi) is 5.36. The number of hydrogen-bond acceptors (Lipinski definition) is 3. The summed E-state index contributed by atoms with van der Waals surface area (Å²) in [4.78, 5) is 14.0. The van der Waals surface area contributed by atoms with Crippen LogP contribution in [0.15, 0.2) is 29.4 Å². The highest BCUT2D eigenvalue weighted by atomic mass is 16.4. The molecule has 0 aliphatic heterocycles. The Bertz CT molecular complexity index is 454. The lowest BCUT2D eigenvalue weighted by Crippen LogP contribution is -2.34. The van der Waals surface area contributed by atoms with Crippen molar-refractivity contribution in [1.82, 2.24) is 4.90 Å². The van der Waals surface area contributed by atoms with Gasteiger partial charge in [-0.2, -0.15) is 0 Å². The van der Waals surface area contributed by atoms with Gasteiger partial charge in [0.25, 0.3) is 5.91 Å². The lowest BCUT2D eigenvalue weighted by Gasteiger charge is -2.24. The van der Waals surface area contributed by atoms with Crippen LogP contribution in [0.4, 0.5) is 0 Å². The van der Waals surface area contributed by atoms with E-state index in [4.69, 9.17) is 10.9 Å². The van der Waals surface area contributed by atoms with E-state index in [1.165, 1.54) is 0 Å². The van der Waals surface area contributed by atoms with E-state index in [2.05, 4.69) is 12.1 Å². The topological polar surface area (TPSA) is 78.9 Å². The van der Waals surface area contributed by atoms with Crippen LogP contribution in [-0.4, -0.2) is 34.9 Å². The van der Waals surface area contributed by atoms with Crippen LogP contribution in [0.3, 0.4) is 0 Å². The minimum atomic E-state index is -0.0213. The second-order valence-electron chi connectivity index (χ2n) is 4.62. The first kappa shape index (κ1) is 15.0. The lowest BCUT2D eigenvalue weighted by molar-refractivity contribution is 0.0737. The van der Waals surface area contributed by atoms with Crippen LogP contribution in [0.25, 0.3) is 0 Å². The Balaban J connectivity index is 2.83. The third-order valence-corrected chi connectivity index (χ3v) is 3.22. The van der Waals surface area contributed by atoms with Crippen LogP contribution in [0.1, 0.15) is 42.6 Å². The van der Waals surface area contributed by atoms with E-state index in [9.17, 15) is 4.79 Å². The molecule has 0 aromatic heterocycles. The number of nitrogens with two attached hydrogens (primary N) is 1. The van der Waals surface area contributed by atoms with E-state index in [1.54, 1.807) is 36.2 Å². The number of amides is 1. The maximum absolute atomic E-state index is 12.2. The Morgan fingerprint density at radius 3 is 2.37 bits per heavy atom. The highest BCUT2D eigenvalue weighted by molar-refractivity contribution is 5.99. The summed E-state index contributed by atoms with van der Waals surface area (Å²) in [5.74, 6) is 0.0127. The van der Waals surface area contributed by atoms with Crippen molar-refractivity contribution in [1.29, 1.82) is 0 Å². The van der Waals surface area contributed by atoms with Gasteiger partial charge in [-0.25, -0.2) is 0 Å². The number of benzene rings is 1. The monoisotopic (exact) mass is 263 g/mol. The average Bonchev–Trinajstić information content (AvgIpc) is 2.45. The Labute approximate surface area is 113 Å². The molecule has 0 aliphatic carbocycles. The number of rotatable bonds is 5. The normalized spacial score (nSPS) is 13.1. The molecule has 1 rings (SSSR count). The van der Waals surface area contributed by atoms with E-state index in [0.29, 0.717) is 11.1 Å². The molecule has 19 heavy (non-hydrogen) atoms. The van der Waals surface area contributed by atoms with Gasteiger partial charge in [-0.3, -0.25) is 4.79 Å². The molecule has 3 N–H and O–H groups in total. The molecule has 1 aromatic rings. The molecule has 0 heterocycles. The molecule has 0 spiro atoms. The van der Waals surface area contributed by atoms with Gasteiger partial charge in [0.15, 0.2) is 5.84 Å². The minimum Gasteiger partial charge on any atom is -0.409 e. The summed E-state index contributed by atoms with van der Waals surface area (Å²) in [6.07, 6.45) is 2.02. The largest absolute Gasteiger partial charge is 0.409 e. The molecule has 5 heteroatoms. The predicted octanol–water partition coefficient (Wildman–Crippen LogP) is 2.04. The molecule has 0 bridgehead atoms. The van der Waals surface area contributed by atoms with Gasteiger partial charge in [0.1, 0.15) is 0 Å². The summed E-state index contributed by atoms with van der Waals surface area (Å²) in [5, 5.41) is 11.5. The van der Waals surface area contributed by atoms with Gasteiger partial charge in [0, 0.05) is 24.2 Å². The summed E-state index contributed by atoms with van der Waals surface area (Å²) in [5.41, 5.74) is 6.66. The van der Waals surface area contributed by atoms with Gasteiger partial charge in [-0.15, -0.1) is 0 Å². The van der Waals surface area contributed by atoms with Crippen LogP contribution >= 0.6 is 0 Å². The molecule has 5 nitrogen and oxygen atoms in total. The average molecular weight is 263 g/mol. The van der Waals surface area contributed by atoms with Crippen molar-refractivity contribution in [2.45, 2.75) is 32.7 Å². The number of oxime groups is 1. The van der Waals surface area contributed by atoms with Crippen LogP contribution in [0, 0.1) is 0 Å². The van der Waals surface area contributed by atoms with Crippen molar-refractivity contribution in [3.05, 3.63) is 35.4 Å². The Morgan fingerprint density at radius 1 is 1.37 bits per heavy atom. The summed E-state index contributed by atoms with van der Waals surface area (Å²) in [7, 11) is 1.81. The zero-order valence-corrected chi connectivity index (χ0v) is 11.6. The summed E-state index contributed by atoms with van der Waals surface area (Å²) >= 11 is 0. The SMILES string of the molecule is CCCC(C)N(C)C(=O)c1ccc(/C(N)=N/O)cc1. The number of carbonyl (C=O) groups excluding carboxylic acids is 1. The quantitative estimate of drug-likeness (QED) is 0.369. The predicted molar refractivity (Wildman–Crippen MR) is 75.4 cm³/mol. The second-order valence-corrected chi connectivity index (χ2v) is 4.62. The third-order valence-electron chi connectivity index (χ3n) is 3.22. The molecule has 0 fully saturated rings. The fourth-order valence-electron chi connectivity index (χ4n) is 1.86. The maximum Gasteiger partial charge on any atom is 0.253 e. The zero-order chi connectivity index (χ0) is 14.4. The molecule has 1 aromatic carbocycles. The number of nitrogens with zero attached hydrogens (tertiary/aromatic N) is 2. The highest BCUT2D eigenvalue weighted by Gasteiger charge is 2.16. The summed E-state index contributed by atoms with van der Waals surface area (Å²) < 4.78 is 0. The van der Waals surface area contributed by atoms with Gasteiger partial charge in [0.2, 0.25) is 0 Å². The molecule has 0 radical (unpaired) electrons. The molecular weight excluding hydrogens is 242 g/mol. The van der Waals surface area contributed by atoms with E-state index < -0.39 is 0 Å². The lowest BCUT2D eigenvalue weighted by atomic mass is 10.1. The van der Waals surface area contributed by atoms with E-state index >= 15 is 0 Å². The first-order valence-corrected chi connectivity index (χ1v) is 6.36. The fourth-order valence-corrected chi connectivity index (χ4v) is 1.86. The first-order chi connectivity index (χ1) is 9.01. The summed E-state index contributed by atoms with van der Waals surface area (Å²) in [6.45, 7) is 4.13. The van der Waals surface area contributed by atoms with Gasteiger partial charge < -0.3 is 15.8 Å². The summed E-state index contributed by atoms with van der Waals surface area (Å²) in [6, 6.07) is 6.91. The van der Waals surface area contributed by atoms with Crippen molar-refractivity contribution in [3.63, 3.8) is 0 Å². The van der Waals surface area contributed by atoms with Crippen molar-refractivity contribution in [2.75, 3.05) is 7.05 Å². The molecular formula is C14H21N3O2. The van der Waals surface area contributed by atoms with Crippen molar-refractivity contribution in [2.24, 2.45) is 10.9 Å². The van der Waals surface area contributed by atoms with Crippen LogP contribution in [-0.2, 0) is 0 Å². The molecule has 0 saturated carbocycles. The van der Waals surface area contributed by atoms with Crippen molar-refractivity contribution < 1.29 is 10.0 Å². The second kappa shape index (κ2) is 6.78. The van der Waals surface area contributed by atoms with E-state index in [-0.39, 0.29) is 17.8 Å². The zero-order valence-electron chi connectivity index (χ0n) is 11.6. The third kappa shape index (κ3) is 3.71. The number of carbonyl (C=O) groups is 1. The molecule has 1 atom stereocenters. The molecule has 1 amide bonds. The smallest absolute Gasteiger partial charge is 0.253 e. The molecule has 104 valence electrons. The number of amidine groups is 1. The first-order valence-electron chi connectivity index (χ1n) is 6.36. The standard InChI is InChI=1S/C14H21N3O2/c1-4-5-10(2)17(3)14(18)12-8-6-11(7-9-12)13(15)16-19/h6-10,19H,4-5H2,1-3H3,(H2,15,16). The van der Waals surface area contributed by atoms with Gasteiger partial charge in [-0.1, -0.05) is 30.6 Å².